The van der Waals surface area contributed by atoms with Gasteiger partial charge in [0.05, 0.1) is 5.69 Å². The molecule has 0 aliphatic carbocycles. The molecule has 1 aromatic heterocycles. The Morgan fingerprint density at radius 3 is 2.81 bits per heavy atom. The van der Waals surface area contributed by atoms with Crippen molar-refractivity contribution in [2.45, 2.75) is 6.92 Å². The fourth-order valence-corrected chi connectivity index (χ4v) is 2.00. The number of benzene rings is 1. The van der Waals surface area contributed by atoms with Crippen LogP contribution in [0.1, 0.15) is 15.9 Å². The summed E-state index contributed by atoms with van der Waals surface area (Å²) < 4.78 is 1.00. The van der Waals surface area contributed by atoms with Gasteiger partial charge in [0.2, 0.25) is 0 Å². The molecule has 2 nitrogen and oxygen atoms in total. The molecule has 0 spiro atoms. The predicted molar refractivity (Wildman–Crippen MR) is 67.5 cm³/mol. The first-order valence-corrected chi connectivity index (χ1v) is 5.68. The van der Waals surface area contributed by atoms with Gasteiger partial charge in [-0.05, 0) is 30.7 Å². The molecule has 1 heterocycles. The van der Waals surface area contributed by atoms with Crippen molar-refractivity contribution in [2.75, 3.05) is 0 Å². The van der Waals surface area contributed by atoms with Crippen LogP contribution in [0.15, 0.2) is 41.0 Å². The van der Waals surface area contributed by atoms with Gasteiger partial charge in [0, 0.05) is 21.8 Å². The molecule has 0 radical (unpaired) electrons. The highest BCUT2D eigenvalue weighted by Crippen LogP contribution is 2.25. The van der Waals surface area contributed by atoms with Gasteiger partial charge >= 0.3 is 0 Å². The summed E-state index contributed by atoms with van der Waals surface area (Å²) in [5.74, 6) is 0. The SMILES string of the molecule is Cc1c(C=O)ccnc1-c1cccc(Br)c1. The number of aromatic nitrogens is 1. The van der Waals surface area contributed by atoms with Crippen molar-refractivity contribution in [1.82, 2.24) is 4.98 Å². The van der Waals surface area contributed by atoms with Crippen molar-refractivity contribution in [3.05, 3.63) is 52.1 Å². The molecule has 0 aliphatic rings. The van der Waals surface area contributed by atoms with E-state index in [-0.39, 0.29) is 0 Å². The third-order valence-electron chi connectivity index (χ3n) is 2.47. The summed E-state index contributed by atoms with van der Waals surface area (Å²) in [5, 5.41) is 0. The normalized spacial score (nSPS) is 10.1. The fourth-order valence-electron chi connectivity index (χ4n) is 1.61. The van der Waals surface area contributed by atoms with E-state index in [1.807, 2.05) is 31.2 Å². The minimum atomic E-state index is 0.685. The second kappa shape index (κ2) is 4.58. The third-order valence-corrected chi connectivity index (χ3v) is 2.96. The van der Waals surface area contributed by atoms with E-state index in [0.29, 0.717) is 5.56 Å². The van der Waals surface area contributed by atoms with Gasteiger partial charge in [-0.3, -0.25) is 9.78 Å². The number of pyridine rings is 1. The fraction of sp³-hybridized carbons (Fsp3) is 0.0769. The average molecular weight is 276 g/mol. The van der Waals surface area contributed by atoms with Crippen LogP contribution in [0, 0.1) is 6.92 Å². The van der Waals surface area contributed by atoms with Gasteiger partial charge in [-0.15, -0.1) is 0 Å². The molecule has 80 valence electrons. The molecule has 0 atom stereocenters. The zero-order valence-corrected chi connectivity index (χ0v) is 10.4. The van der Waals surface area contributed by atoms with Gasteiger partial charge in [-0.2, -0.15) is 0 Å². The first-order valence-electron chi connectivity index (χ1n) is 4.89. The van der Waals surface area contributed by atoms with Crippen LogP contribution in [-0.4, -0.2) is 11.3 Å². The Labute approximate surface area is 102 Å². The van der Waals surface area contributed by atoms with Crippen LogP contribution in [0.3, 0.4) is 0 Å². The zero-order chi connectivity index (χ0) is 11.5. The summed E-state index contributed by atoms with van der Waals surface area (Å²) in [5.41, 5.74) is 3.46. The van der Waals surface area contributed by atoms with Gasteiger partial charge in [-0.1, -0.05) is 28.1 Å². The lowest BCUT2D eigenvalue weighted by Crippen LogP contribution is -1.93. The average Bonchev–Trinajstić information content (AvgIpc) is 2.29. The quantitative estimate of drug-likeness (QED) is 0.784. The molecule has 3 heteroatoms. The van der Waals surface area contributed by atoms with Crippen LogP contribution in [-0.2, 0) is 0 Å². The highest BCUT2D eigenvalue weighted by Gasteiger charge is 2.07. The number of carbonyl (C=O) groups is 1. The summed E-state index contributed by atoms with van der Waals surface area (Å²) in [6.07, 6.45) is 2.52. The summed E-state index contributed by atoms with van der Waals surface area (Å²) in [6, 6.07) is 9.61. The molecule has 2 aromatic rings. The van der Waals surface area contributed by atoms with Crippen LogP contribution >= 0.6 is 15.9 Å². The van der Waals surface area contributed by atoms with Crippen LogP contribution in [0.4, 0.5) is 0 Å². The standard InChI is InChI=1S/C13H10BrNO/c1-9-11(8-16)5-6-15-13(9)10-3-2-4-12(14)7-10/h2-8H,1H3. The second-order valence-corrected chi connectivity index (χ2v) is 4.42. The van der Waals surface area contributed by atoms with Crippen LogP contribution in [0.25, 0.3) is 11.3 Å². The molecular weight excluding hydrogens is 266 g/mol. The van der Waals surface area contributed by atoms with Crippen molar-refractivity contribution in [2.24, 2.45) is 0 Å². The first kappa shape index (κ1) is 11.0. The van der Waals surface area contributed by atoms with E-state index in [1.54, 1.807) is 12.3 Å². The third kappa shape index (κ3) is 2.04. The number of halogens is 1. The number of rotatable bonds is 2. The van der Waals surface area contributed by atoms with Crippen molar-refractivity contribution in [3.63, 3.8) is 0 Å². The van der Waals surface area contributed by atoms with Gasteiger partial charge in [-0.25, -0.2) is 0 Å². The Morgan fingerprint density at radius 1 is 1.31 bits per heavy atom. The smallest absolute Gasteiger partial charge is 0.150 e. The van der Waals surface area contributed by atoms with Crippen LogP contribution < -0.4 is 0 Å². The minimum Gasteiger partial charge on any atom is -0.298 e. The monoisotopic (exact) mass is 275 g/mol. The van der Waals surface area contributed by atoms with Gasteiger partial charge in [0.1, 0.15) is 6.29 Å². The lowest BCUT2D eigenvalue weighted by atomic mass is 10.0. The van der Waals surface area contributed by atoms with Crippen molar-refractivity contribution < 1.29 is 4.79 Å². The minimum absolute atomic E-state index is 0.685. The zero-order valence-electron chi connectivity index (χ0n) is 8.77. The Balaban J connectivity index is 2.60. The van der Waals surface area contributed by atoms with Crippen molar-refractivity contribution >= 4 is 22.2 Å². The number of nitrogens with zero attached hydrogens (tertiary/aromatic N) is 1. The number of hydrogen-bond donors (Lipinski definition) is 0. The summed E-state index contributed by atoms with van der Waals surface area (Å²) in [7, 11) is 0. The number of aldehydes is 1. The maximum atomic E-state index is 10.8. The molecule has 0 saturated carbocycles. The topological polar surface area (TPSA) is 30.0 Å². The van der Waals surface area contributed by atoms with E-state index in [4.69, 9.17) is 0 Å². The molecule has 0 bridgehead atoms. The lowest BCUT2D eigenvalue weighted by Gasteiger charge is -2.06. The van der Waals surface area contributed by atoms with Gasteiger partial charge < -0.3 is 0 Å². The largest absolute Gasteiger partial charge is 0.298 e. The molecule has 0 N–H and O–H groups in total. The molecule has 0 aliphatic heterocycles. The second-order valence-electron chi connectivity index (χ2n) is 3.50. The number of hydrogen-bond acceptors (Lipinski definition) is 2. The first-order chi connectivity index (χ1) is 7.72. The van der Waals surface area contributed by atoms with Crippen LogP contribution in [0.5, 0.6) is 0 Å². The van der Waals surface area contributed by atoms with E-state index >= 15 is 0 Å². The maximum Gasteiger partial charge on any atom is 0.150 e. The molecule has 0 fully saturated rings. The summed E-state index contributed by atoms with van der Waals surface area (Å²) in [4.78, 5) is 15.2. The summed E-state index contributed by atoms with van der Waals surface area (Å²) in [6.45, 7) is 1.91. The lowest BCUT2D eigenvalue weighted by molar-refractivity contribution is 0.112. The van der Waals surface area contributed by atoms with E-state index < -0.39 is 0 Å². The molecule has 0 amide bonds. The van der Waals surface area contributed by atoms with E-state index in [1.165, 1.54) is 0 Å². The van der Waals surface area contributed by atoms with Crippen LogP contribution in [0.2, 0.25) is 0 Å². The Bertz CT molecular complexity index is 537. The molecule has 0 saturated heterocycles. The number of carbonyl (C=O) groups excluding carboxylic acids is 1. The van der Waals surface area contributed by atoms with Crippen molar-refractivity contribution in [1.29, 1.82) is 0 Å². The Kier molecular flexibility index (Phi) is 3.15. The molecule has 16 heavy (non-hydrogen) atoms. The van der Waals surface area contributed by atoms with Gasteiger partial charge in [0.25, 0.3) is 0 Å². The molecular formula is C13H10BrNO. The maximum absolute atomic E-state index is 10.8. The Morgan fingerprint density at radius 2 is 2.12 bits per heavy atom. The molecule has 0 unspecified atom stereocenters. The van der Waals surface area contributed by atoms with Crippen molar-refractivity contribution in [3.8, 4) is 11.3 Å². The Hall–Kier alpha value is -1.48. The van der Waals surface area contributed by atoms with E-state index in [0.717, 1.165) is 27.6 Å². The summed E-state index contributed by atoms with van der Waals surface area (Å²) >= 11 is 3.42. The predicted octanol–water partition coefficient (Wildman–Crippen LogP) is 3.63. The van der Waals surface area contributed by atoms with Gasteiger partial charge in [0.15, 0.2) is 0 Å². The van der Waals surface area contributed by atoms with E-state index in [2.05, 4.69) is 20.9 Å². The molecule has 2 rings (SSSR count). The highest BCUT2D eigenvalue weighted by molar-refractivity contribution is 9.10. The molecule has 1 aromatic carbocycles. The highest BCUT2D eigenvalue weighted by atomic mass is 79.9. The van der Waals surface area contributed by atoms with E-state index in [9.17, 15) is 4.79 Å².